The average Bonchev–Trinajstić information content (AvgIpc) is 2.17. The second-order valence-corrected chi connectivity index (χ2v) is 3.54. The van der Waals surface area contributed by atoms with Gasteiger partial charge in [0.15, 0.2) is 0 Å². The van der Waals surface area contributed by atoms with Crippen LogP contribution in [0.4, 0.5) is 0 Å². The molecule has 0 saturated carbocycles. The van der Waals surface area contributed by atoms with Crippen LogP contribution in [0.1, 0.15) is 25.5 Å². The van der Waals surface area contributed by atoms with Gasteiger partial charge >= 0.3 is 0 Å². The number of nitrogens with one attached hydrogen (secondary N) is 1. The second kappa shape index (κ2) is 4.61. The van der Waals surface area contributed by atoms with Gasteiger partial charge in [0, 0.05) is 11.9 Å². The Labute approximate surface area is 84.3 Å². The maximum absolute atomic E-state index is 4.11. The Morgan fingerprint density at radius 2 is 2.07 bits per heavy atom. The number of hydrogen-bond acceptors (Lipinski definition) is 1. The lowest BCUT2D eigenvalue weighted by Crippen LogP contribution is -2.09. The number of rotatable bonds is 1. The molecule has 1 aromatic heterocycles. The van der Waals surface area contributed by atoms with Crippen LogP contribution in [-0.4, -0.2) is 9.97 Å². The first-order valence-electron chi connectivity index (χ1n) is 4.66. The molecule has 1 aromatic rings. The fraction of sp³-hybridized carbons (Fsp3) is 0.250. The minimum absolute atomic E-state index is 0.408. The molecule has 1 heterocycles. The number of aromatic amines is 1. The van der Waals surface area contributed by atoms with E-state index in [0.717, 1.165) is 10.9 Å². The Morgan fingerprint density at radius 1 is 1.36 bits per heavy atom. The number of nitrogens with zero attached hydrogens (tertiary/aromatic N) is 1. The van der Waals surface area contributed by atoms with E-state index < -0.39 is 0 Å². The maximum atomic E-state index is 4.11. The molecule has 74 valence electrons. The summed E-state index contributed by atoms with van der Waals surface area (Å²) < 4.78 is 0. The first-order chi connectivity index (χ1) is 6.59. The van der Waals surface area contributed by atoms with Crippen LogP contribution < -0.4 is 10.7 Å². The third-order valence-electron chi connectivity index (χ3n) is 1.88. The first-order valence-corrected chi connectivity index (χ1v) is 4.66. The third kappa shape index (κ3) is 3.05. The summed E-state index contributed by atoms with van der Waals surface area (Å²) in [6, 6.07) is 5.79. The van der Waals surface area contributed by atoms with E-state index >= 15 is 0 Å². The van der Waals surface area contributed by atoms with E-state index in [1.807, 2.05) is 18.2 Å². The third-order valence-corrected chi connectivity index (χ3v) is 1.88. The summed E-state index contributed by atoms with van der Waals surface area (Å²) in [4.78, 5) is 7.27. The lowest BCUT2D eigenvalue weighted by molar-refractivity contribution is 0.813. The Morgan fingerprint density at radius 3 is 2.71 bits per heavy atom. The lowest BCUT2D eigenvalue weighted by Gasteiger charge is -2.01. The minimum Gasteiger partial charge on any atom is -0.344 e. The summed E-state index contributed by atoms with van der Waals surface area (Å²) in [6.45, 7) is 12.0. The highest BCUT2D eigenvalue weighted by Crippen LogP contribution is 2.05. The van der Waals surface area contributed by atoms with Crippen LogP contribution >= 0.6 is 0 Å². The number of H-pyrrole nitrogens is 1. The van der Waals surface area contributed by atoms with E-state index in [9.17, 15) is 0 Å². The normalized spacial score (nSPS) is 9.93. The van der Waals surface area contributed by atoms with E-state index in [0.29, 0.717) is 11.4 Å². The average molecular weight is 188 g/mol. The van der Waals surface area contributed by atoms with E-state index in [-0.39, 0.29) is 0 Å². The van der Waals surface area contributed by atoms with Crippen molar-refractivity contribution in [3.05, 3.63) is 40.8 Å². The van der Waals surface area contributed by atoms with Gasteiger partial charge in [-0.2, -0.15) is 0 Å². The summed E-state index contributed by atoms with van der Waals surface area (Å²) >= 11 is 0. The zero-order valence-electron chi connectivity index (χ0n) is 8.75. The molecule has 0 amide bonds. The molecule has 0 fully saturated rings. The topological polar surface area (TPSA) is 28.7 Å². The number of hydrogen-bond donors (Lipinski definition) is 1. The Kier molecular flexibility index (Phi) is 3.46. The van der Waals surface area contributed by atoms with Gasteiger partial charge in [-0.05, 0) is 23.3 Å². The molecule has 0 unspecified atom stereocenters. The predicted molar refractivity (Wildman–Crippen MR) is 60.6 cm³/mol. The van der Waals surface area contributed by atoms with Crippen molar-refractivity contribution in [1.82, 2.24) is 9.97 Å². The van der Waals surface area contributed by atoms with Crippen molar-refractivity contribution in [3.63, 3.8) is 0 Å². The molecule has 0 radical (unpaired) electrons. The molecule has 2 heteroatoms. The molecule has 0 bridgehead atoms. The molecule has 2 nitrogen and oxygen atoms in total. The van der Waals surface area contributed by atoms with E-state index in [2.05, 4.69) is 37.0 Å². The van der Waals surface area contributed by atoms with Crippen LogP contribution in [-0.2, 0) is 0 Å². The van der Waals surface area contributed by atoms with Crippen LogP contribution in [0.5, 0.6) is 0 Å². The SMILES string of the molecule is C=c1cccnc(=C)[nH]c(C(C)C)c1. The van der Waals surface area contributed by atoms with Crippen LogP contribution in [0.25, 0.3) is 13.2 Å². The summed E-state index contributed by atoms with van der Waals surface area (Å²) in [5.74, 6) is 0.408. The van der Waals surface area contributed by atoms with E-state index in [1.165, 1.54) is 0 Å². The minimum atomic E-state index is 0.408. The van der Waals surface area contributed by atoms with E-state index in [1.54, 1.807) is 6.20 Å². The summed E-state index contributed by atoms with van der Waals surface area (Å²) in [7, 11) is 0. The molecule has 0 spiro atoms. The molecule has 0 aromatic carbocycles. The smallest absolute Gasteiger partial charge is 0.122 e. The highest BCUT2D eigenvalue weighted by atomic mass is 14.8. The van der Waals surface area contributed by atoms with Crippen LogP contribution in [0.2, 0.25) is 0 Å². The van der Waals surface area contributed by atoms with Crippen LogP contribution in [0.15, 0.2) is 24.4 Å². The van der Waals surface area contributed by atoms with Gasteiger partial charge < -0.3 is 4.98 Å². The molecule has 1 rings (SSSR count). The maximum Gasteiger partial charge on any atom is 0.122 e. The summed E-state index contributed by atoms with van der Waals surface area (Å²) in [6.07, 6.45) is 1.71. The van der Waals surface area contributed by atoms with Gasteiger partial charge in [-0.15, -0.1) is 0 Å². The van der Waals surface area contributed by atoms with Crippen molar-refractivity contribution in [2.24, 2.45) is 0 Å². The van der Waals surface area contributed by atoms with Crippen molar-refractivity contribution in [1.29, 1.82) is 0 Å². The van der Waals surface area contributed by atoms with Crippen LogP contribution in [0.3, 0.4) is 0 Å². The zero-order valence-corrected chi connectivity index (χ0v) is 8.75. The first kappa shape index (κ1) is 10.5. The van der Waals surface area contributed by atoms with Gasteiger partial charge in [0.1, 0.15) is 5.48 Å². The van der Waals surface area contributed by atoms with Gasteiger partial charge in [0.05, 0.1) is 0 Å². The highest BCUT2D eigenvalue weighted by molar-refractivity contribution is 5.11. The Balaban J connectivity index is 3.54. The molecule has 0 atom stereocenters. The monoisotopic (exact) mass is 188 g/mol. The van der Waals surface area contributed by atoms with Gasteiger partial charge in [0.2, 0.25) is 0 Å². The summed E-state index contributed by atoms with van der Waals surface area (Å²) in [5, 5.41) is 0.961. The predicted octanol–water partition coefficient (Wildman–Crippen LogP) is 1.48. The van der Waals surface area contributed by atoms with Crippen molar-refractivity contribution in [2.45, 2.75) is 19.8 Å². The quantitative estimate of drug-likeness (QED) is 0.710. The molecular formula is C12H16N2. The molecule has 0 aliphatic rings. The standard InChI is InChI=1S/C12H16N2/c1-9(2)12-8-10(3)6-5-7-13-11(4)14-12/h5-9,14H,3-4H2,1-2H3. The molecule has 0 aliphatic heterocycles. The second-order valence-electron chi connectivity index (χ2n) is 3.54. The number of aromatic nitrogens is 2. The van der Waals surface area contributed by atoms with E-state index in [4.69, 9.17) is 0 Å². The molecular weight excluding hydrogens is 172 g/mol. The van der Waals surface area contributed by atoms with Crippen LogP contribution in [0, 0.1) is 0 Å². The lowest BCUT2D eigenvalue weighted by atomic mass is 10.1. The van der Waals surface area contributed by atoms with Crippen molar-refractivity contribution in [2.75, 3.05) is 0 Å². The molecule has 0 saturated heterocycles. The fourth-order valence-corrected chi connectivity index (χ4v) is 1.09. The van der Waals surface area contributed by atoms with Crippen molar-refractivity contribution in [3.8, 4) is 0 Å². The van der Waals surface area contributed by atoms with Gasteiger partial charge in [-0.3, -0.25) is 0 Å². The summed E-state index contributed by atoms with van der Waals surface area (Å²) in [5.41, 5.74) is 1.74. The highest BCUT2D eigenvalue weighted by Gasteiger charge is 1.94. The Bertz CT molecular complexity index is 404. The van der Waals surface area contributed by atoms with Gasteiger partial charge in [-0.25, -0.2) is 4.98 Å². The Hall–Kier alpha value is -1.57. The van der Waals surface area contributed by atoms with Crippen molar-refractivity contribution < 1.29 is 0 Å². The zero-order chi connectivity index (χ0) is 10.6. The molecule has 0 aliphatic carbocycles. The molecule has 14 heavy (non-hydrogen) atoms. The molecule has 1 N–H and O–H groups in total. The van der Waals surface area contributed by atoms with Gasteiger partial charge in [0.25, 0.3) is 0 Å². The van der Waals surface area contributed by atoms with Gasteiger partial charge in [-0.1, -0.05) is 33.1 Å². The van der Waals surface area contributed by atoms with Crippen molar-refractivity contribution >= 4 is 13.2 Å². The largest absolute Gasteiger partial charge is 0.344 e. The fourth-order valence-electron chi connectivity index (χ4n) is 1.09.